The normalized spacial score (nSPS) is 15.2. The molecule has 142 valence electrons. The highest BCUT2D eigenvalue weighted by molar-refractivity contribution is 6.15. The average Bonchev–Trinajstić information content (AvgIpc) is 3.02. The van der Waals surface area contributed by atoms with Gasteiger partial charge in [-0.05, 0) is 26.1 Å². The molecule has 1 aliphatic rings. The Morgan fingerprint density at radius 2 is 2.00 bits per heavy atom. The van der Waals surface area contributed by atoms with Gasteiger partial charge in [0.1, 0.15) is 11.6 Å². The lowest BCUT2D eigenvalue weighted by atomic mass is 10.00. The fraction of sp³-hybridized carbons (Fsp3) is 0.200. The summed E-state index contributed by atoms with van der Waals surface area (Å²) in [5.74, 6) is 1.41. The molecule has 0 spiro atoms. The number of hydrogen-bond donors (Lipinski definition) is 2. The number of nitrogens with zero attached hydrogens (tertiary/aromatic N) is 4. The highest BCUT2D eigenvalue weighted by Crippen LogP contribution is 2.32. The van der Waals surface area contributed by atoms with Gasteiger partial charge in [0.05, 0.1) is 11.4 Å². The Kier molecular flexibility index (Phi) is 4.62. The summed E-state index contributed by atoms with van der Waals surface area (Å²) in [4.78, 5) is 16.0. The van der Waals surface area contributed by atoms with Gasteiger partial charge in [0, 0.05) is 17.2 Å². The zero-order valence-electron chi connectivity index (χ0n) is 15.6. The number of aliphatic imine (C=N–C) groups is 1. The SMILES string of the molecule is CNC1N=C(c2ccccc2)c2ccc(OCC(N)=O)cc2-n2c(C)nnc21. The Morgan fingerprint density at radius 1 is 1.21 bits per heavy atom. The van der Waals surface area contributed by atoms with Gasteiger partial charge in [0.2, 0.25) is 0 Å². The largest absolute Gasteiger partial charge is 0.484 e. The molecule has 0 saturated heterocycles. The van der Waals surface area contributed by atoms with Crippen LogP contribution in [0.25, 0.3) is 5.69 Å². The van der Waals surface area contributed by atoms with Crippen molar-refractivity contribution in [2.45, 2.75) is 13.1 Å². The molecule has 1 unspecified atom stereocenters. The van der Waals surface area contributed by atoms with E-state index in [0.717, 1.165) is 28.4 Å². The Hall–Kier alpha value is -3.52. The molecule has 4 rings (SSSR count). The Bertz CT molecular complexity index is 1060. The maximum absolute atomic E-state index is 11.1. The van der Waals surface area contributed by atoms with Gasteiger partial charge in [-0.3, -0.25) is 19.7 Å². The molecule has 28 heavy (non-hydrogen) atoms. The number of rotatable bonds is 5. The number of aryl methyl sites for hydroxylation is 1. The Labute approximate surface area is 162 Å². The molecule has 1 aromatic heterocycles. The van der Waals surface area contributed by atoms with Gasteiger partial charge >= 0.3 is 0 Å². The lowest BCUT2D eigenvalue weighted by molar-refractivity contribution is -0.119. The number of ether oxygens (including phenoxy) is 1. The van der Waals surface area contributed by atoms with Crippen LogP contribution in [0.1, 0.15) is 28.9 Å². The summed E-state index contributed by atoms with van der Waals surface area (Å²) in [6.07, 6.45) is -0.362. The van der Waals surface area contributed by atoms with Crippen LogP contribution in [0.5, 0.6) is 5.75 Å². The first-order chi connectivity index (χ1) is 13.6. The summed E-state index contributed by atoms with van der Waals surface area (Å²) in [5.41, 5.74) is 8.78. The van der Waals surface area contributed by atoms with E-state index < -0.39 is 5.91 Å². The summed E-state index contributed by atoms with van der Waals surface area (Å²) < 4.78 is 7.47. The summed E-state index contributed by atoms with van der Waals surface area (Å²) in [5, 5.41) is 11.8. The molecule has 2 aromatic carbocycles. The van der Waals surface area contributed by atoms with Crippen LogP contribution >= 0.6 is 0 Å². The van der Waals surface area contributed by atoms with Crippen LogP contribution in [0.2, 0.25) is 0 Å². The second-order valence-corrected chi connectivity index (χ2v) is 6.41. The molecular weight excluding hydrogens is 356 g/mol. The number of primary amides is 1. The number of nitrogens with one attached hydrogen (secondary N) is 1. The number of aromatic nitrogens is 3. The number of nitrogens with two attached hydrogens (primary N) is 1. The van der Waals surface area contributed by atoms with Crippen molar-refractivity contribution in [3.05, 3.63) is 71.3 Å². The van der Waals surface area contributed by atoms with Crippen molar-refractivity contribution in [2.24, 2.45) is 10.7 Å². The van der Waals surface area contributed by atoms with Crippen LogP contribution in [0.3, 0.4) is 0 Å². The zero-order valence-corrected chi connectivity index (χ0v) is 15.6. The number of amides is 1. The number of fused-ring (bicyclic) bond motifs is 3. The first-order valence-electron chi connectivity index (χ1n) is 8.87. The van der Waals surface area contributed by atoms with Crippen molar-refractivity contribution in [1.82, 2.24) is 20.1 Å². The molecule has 0 saturated carbocycles. The van der Waals surface area contributed by atoms with E-state index in [-0.39, 0.29) is 12.8 Å². The molecule has 0 fully saturated rings. The molecule has 3 N–H and O–H groups in total. The summed E-state index contributed by atoms with van der Waals surface area (Å²) in [6, 6.07) is 15.6. The van der Waals surface area contributed by atoms with Crippen LogP contribution in [0, 0.1) is 6.92 Å². The molecule has 8 nitrogen and oxygen atoms in total. The summed E-state index contributed by atoms with van der Waals surface area (Å²) >= 11 is 0. The van der Waals surface area contributed by atoms with E-state index in [4.69, 9.17) is 15.5 Å². The predicted molar refractivity (Wildman–Crippen MR) is 105 cm³/mol. The third-order valence-corrected chi connectivity index (χ3v) is 4.52. The maximum atomic E-state index is 11.1. The van der Waals surface area contributed by atoms with Gasteiger partial charge in [0.15, 0.2) is 18.6 Å². The van der Waals surface area contributed by atoms with Crippen LogP contribution < -0.4 is 15.8 Å². The molecule has 1 atom stereocenters. The standard InChI is InChI=1S/C20H20N6O2/c1-12-24-25-20-19(22-2)23-18(13-6-4-3-5-7-13)15-9-8-14(28-11-17(21)27)10-16(15)26(12)20/h3-10,19,22H,11H2,1-2H3,(H2,21,27). The van der Waals surface area contributed by atoms with Gasteiger partial charge in [-0.25, -0.2) is 0 Å². The minimum absolute atomic E-state index is 0.189. The van der Waals surface area contributed by atoms with Crippen molar-refractivity contribution in [1.29, 1.82) is 0 Å². The summed E-state index contributed by atoms with van der Waals surface area (Å²) in [7, 11) is 1.84. The number of carbonyl (C=O) groups excluding carboxylic acids is 1. The molecular formula is C20H20N6O2. The van der Waals surface area contributed by atoms with E-state index >= 15 is 0 Å². The molecule has 0 aliphatic carbocycles. The average molecular weight is 376 g/mol. The van der Waals surface area contributed by atoms with Crippen molar-refractivity contribution in [2.75, 3.05) is 13.7 Å². The molecule has 8 heteroatoms. The topological polar surface area (TPSA) is 107 Å². The monoisotopic (exact) mass is 376 g/mol. The third-order valence-electron chi connectivity index (χ3n) is 4.52. The van der Waals surface area contributed by atoms with Gasteiger partial charge < -0.3 is 10.5 Å². The van der Waals surface area contributed by atoms with E-state index in [1.54, 1.807) is 6.07 Å². The third kappa shape index (κ3) is 3.14. The van der Waals surface area contributed by atoms with Gasteiger partial charge in [0.25, 0.3) is 5.91 Å². The van der Waals surface area contributed by atoms with Crippen molar-refractivity contribution >= 4 is 11.6 Å². The first-order valence-corrected chi connectivity index (χ1v) is 8.87. The van der Waals surface area contributed by atoms with Crippen molar-refractivity contribution in [3.8, 4) is 11.4 Å². The number of benzene rings is 2. The summed E-state index contributed by atoms with van der Waals surface area (Å²) in [6.45, 7) is 1.70. The zero-order chi connectivity index (χ0) is 19.7. The molecule has 0 bridgehead atoms. The van der Waals surface area contributed by atoms with Crippen LogP contribution in [0.15, 0.2) is 53.5 Å². The van der Waals surface area contributed by atoms with E-state index in [1.165, 1.54) is 0 Å². The molecule has 3 aromatic rings. The Morgan fingerprint density at radius 3 is 2.71 bits per heavy atom. The van der Waals surface area contributed by atoms with Crippen LogP contribution in [-0.4, -0.2) is 40.0 Å². The highest BCUT2D eigenvalue weighted by atomic mass is 16.5. The van der Waals surface area contributed by atoms with Gasteiger partial charge in [-0.1, -0.05) is 30.3 Å². The minimum atomic E-state index is -0.530. The maximum Gasteiger partial charge on any atom is 0.255 e. The fourth-order valence-electron chi connectivity index (χ4n) is 3.27. The van der Waals surface area contributed by atoms with Gasteiger partial charge in [-0.15, -0.1) is 10.2 Å². The first kappa shape index (κ1) is 17.9. The van der Waals surface area contributed by atoms with Crippen LogP contribution in [-0.2, 0) is 4.79 Å². The number of carbonyl (C=O) groups is 1. The van der Waals surface area contributed by atoms with E-state index in [0.29, 0.717) is 11.6 Å². The molecule has 1 amide bonds. The fourth-order valence-corrected chi connectivity index (χ4v) is 3.27. The minimum Gasteiger partial charge on any atom is -0.484 e. The highest BCUT2D eigenvalue weighted by Gasteiger charge is 2.27. The van der Waals surface area contributed by atoms with E-state index in [9.17, 15) is 4.79 Å². The molecule has 0 radical (unpaired) electrons. The number of hydrogen-bond acceptors (Lipinski definition) is 6. The van der Waals surface area contributed by atoms with E-state index in [2.05, 4.69) is 15.5 Å². The second-order valence-electron chi connectivity index (χ2n) is 6.41. The second kappa shape index (κ2) is 7.24. The molecule has 2 heterocycles. The van der Waals surface area contributed by atoms with Crippen LogP contribution in [0.4, 0.5) is 0 Å². The quantitative estimate of drug-likeness (QED) is 0.702. The van der Waals surface area contributed by atoms with E-state index in [1.807, 2.05) is 61.0 Å². The molecule has 1 aliphatic heterocycles. The lowest BCUT2D eigenvalue weighted by Crippen LogP contribution is -2.20. The lowest BCUT2D eigenvalue weighted by Gasteiger charge is -2.14. The van der Waals surface area contributed by atoms with Crippen molar-refractivity contribution in [3.63, 3.8) is 0 Å². The predicted octanol–water partition coefficient (Wildman–Crippen LogP) is 1.51. The smallest absolute Gasteiger partial charge is 0.255 e. The van der Waals surface area contributed by atoms with Crippen molar-refractivity contribution < 1.29 is 9.53 Å². The van der Waals surface area contributed by atoms with Gasteiger partial charge in [-0.2, -0.15) is 0 Å². The Balaban J connectivity index is 1.93.